The number of aromatic nitrogens is 2. The van der Waals surface area contributed by atoms with Crippen LogP contribution in [0.5, 0.6) is 0 Å². The molecule has 1 aliphatic rings. The van der Waals surface area contributed by atoms with Crippen molar-refractivity contribution in [2.24, 2.45) is 5.92 Å². The van der Waals surface area contributed by atoms with Crippen molar-refractivity contribution in [1.29, 1.82) is 0 Å². The Balaban J connectivity index is 2.12. The first-order chi connectivity index (χ1) is 8.85. The van der Waals surface area contributed by atoms with Gasteiger partial charge in [-0.25, -0.2) is 0 Å². The average molecular weight is 314 g/mol. The van der Waals surface area contributed by atoms with Crippen molar-refractivity contribution in [2.75, 3.05) is 11.2 Å². The summed E-state index contributed by atoms with van der Waals surface area (Å²) in [5.74, 6) is -0.221. The number of alkyl halides is 4. The summed E-state index contributed by atoms with van der Waals surface area (Å²) in [4.78, 5) is 3.51. The molecule has 2 unspecified atom stereocenters. The molecule has 0 spiro atoms. The third-order valence-corrected chi connectivity index (χ3v) is 4.54. The first-order valence-electron chi connectivity index (χ1n) is 6.10. The molecule has 1 aromatic heterocycles. The molecule has 1 aliphatic carbocycles. The van der Waals surface area contributed by atoms with E-state index in [9.17, 15) is 13.2 Å². The molecule has 1 N–H and O–H groups in total. The Hall–Kier alpha value is -0.560. The molecule has 2 atom stereocenters. The van der Waals surface area contributed by atoms with Gasteiger partial charge in [0.15, 0.2) is 0 Å². The molecule has 8 heteroatoms. The molecule has 0 aliphatic heterocycles. The third kappa shape index (κ3) is 3.51. The fraction of sp³-hybridized carbons (Fsp3) is 0.818. The van der Waals surface area contributed by atoms with E-state index < -0.39 is 12.0 Å². The smallest absolute Gasteiger partial charge is 0.354 e. The largest absolute Gasteiger partial charge is 0.452 e. The summed E-state index contributed by atoms with van der Waals surface area (Å²) < 4.78 is 40.7. The lowest BCUT2D eigenvalue weighted by atomic mass is 9.77. The second-order valence-corrected chi connectivity index (χ2v) is 6.18. The Morgan fingerprint density at radius 3 is 2.79 bits per heavy atom. The van der Waals surface area contributed by atoms with Gasteiger partial charge in [-0.2, -0.15) is 22.5 Å². The van der Waals surface area contributed by atoms with Crippen LogP contribution in [0.4, 0.5) is 18.3 Å². The summed E-state index contributed by atoms with van der Waals surface area (Å²) in [7, 11) is 0. The van der Waals surface area contributed by atoms with E-state index in [2.05, 4.69) is 21.6 Å². The summed E-state index contributed by atoms with van der Waals surface area (Å²) in [5.41, 5.74) is -0.359. The third-order valence-electron chi connectivity index (χ3n) is 3.40. The minimum Gasteiger partial charge on any atom is -0.354 e. The summed E-state index contributed by atoms with van der Waals surface area (Å²) in [6, 6.07) is 0. The number of halogens is 4. The maximum atomic E-state index is 12.4. The summed E-state index contributed by atoms with van der Waals surface area (Å²) >= 11 is 6.76. The second-order valence-electron chi connectivity index (χ2n) is 5.16. The van der Waals surface area contributed by atoms with E-state index in [0.717, 1.165) is 37.2 Å². The molecule has 1 aromatic rings. The predicted molar refractivity (Wildman–Crippen MR) is 69.6 cm³/mol. The maximum absolute atomic E-state index is 12.4. The summed E-state index contributed by atoms with van der Waals surface area (Å²) in [6.45, 7) is 2.13. The van der Waals surface area contributed by atoms with Crippen LogP contribution in [0.25, 0.3) is 0 Å². The lowest BCUT2D eigenvalue weighted by molar-refractivity contribution is -0.144. The Labute approximate surface area is 118 Å². The highest BCUT2D eigenvalue weighted by molar-refractivity contribution is 7.09. The molecule has 1 fully saturated rings. The number of nitrogens with zero attached hydrogens (tertiary/aromatic N) is 2. The van der Waals surface area contributed by atoms with Crippen LogP contribution >= 0.6 is 23.1 Å². The van der Waals surface area contributed by atoms with Crippen molar-refractivity contribution < 1.29 is 13.2 Å². The van der Waals surface area contributed by atoms with Crippen molar-refractivity contribution in [3.63, 3.8) is 0 Å². The Kier molecular flexibility index (Phi) is 4.25. The zero-order chi connectivity index (χ0) is 14.1. The van der Waals surface area contributed by atoms with Gasteiger partial charge in [-0.1, -0.05) is 19.8 Å². The molecular weight excluding hydrogens is 299 g/mol. The van der Waals surface area contributed by atoms with E-state index in [-0.39, 0.29) is 10.7 Å². The molecule has 1 heterocycles. The van der Waals surface area contributed by atoms with Crippen LogP contribution in [0.2, 0.25) is 0 Å². The predicted octanol–water partition coefficient (Wildman–Crippen LogP) is 4.16. The quantitative estimate of drug-likeness (QED) is 0.852. The van der Waals surface area contributed by atoms with Crippen LogP contribution in [0, 0.1) is 5.92 Å². The topological polar surface area (TPSA) is 37.8 Å². The molecular formula is C11H15ClF3N3S. The van der Waals surface area contributed by atoms with E-state index in [4.69, 9.17) is 11.6 Å². The van der Waals surface area contributed by atoms with Crippen molar-refractivity contribution in [2.45, 2.75) is 44.3 Å². The van der Waals surface area contributed by atoms with Crippen LogP contribution in [-0.4, -0.2) is 20.8 Å². The van der Waals surface area contributed by atoms with E-state index >= 15 is 0 Å². The van der Waals surface area contributed by atoms with Crippen molar-refractivity contribution in [3.05, 3.63) is 5.82 Å². The lowest BCUT2D eigenvalue weighted by Crippen LogP contribution is -2.44. The SMILES string of the molecule is CC1CCCC(CCl)(Nc2nc(C(F)(F)F)ns2)C1. The van der Waals surface area contributed by atoms with Crippen molar-refractivity contribution in [3.8, 4) is 0 Å². The highest BCUT2D eigenvalue weighted by atomic mass is 35.5. The maximum Gasteiger partial charge on any atom is 0.452 e. The minimum atomic E-state index is -4.50. The van der Waals surface area contributed by atoms with E-state index in [1.807, 2.05) is 0 Å². The number of anilines is 1. The molecule has 0 bridgehead atoms. The van der Waals surface area contributed by atoms with Gasteiger partial charge in [0.1, 0.15) is 0 Å². The van der Waals surface area contributed by atoms with Crippen molar-refractivity contribution in [1.82, 2.24) is 9.36 Å². The van der Waals surface area contributed by atoms with Gasteiger partial charge in [0.05, 0.1) is 5.54 Å². The monoisotopic (exact) mass is 313 g/mol. The molecule has 0 saturated heterocycles. The van der Waals surface area contributed by atoms with Gasteiger partial charge in [0.2, 0.25) is 11.0 Å². The Morgan fingerprint density at radius 2 is 2.26 bits per heavy atom. The summed E-state index contributed by atoms with van der Waals surface area (Å²) in [5, 5.41) is 3.28. The summed E-state index contributed by atoms with van der Waals surface area (Å²) in [6.07, 6.45) is -0.653. The van der Waals surface area contributed by atoms with Gasteiger partial charge < -0.3 is 5.32 Å². The van der Waals surface area contributed by atoms with Gasteiger partial charge >= 0.3 is 6.18 Å². The molecule has 1 saturated carbocycles. The minimum absolute atomic E-state index is 0.196. The number of nitrogens with one attached hydrogen (secondary N) is 1. The molecule has 2 rings (SSSR count). The Bertz CT molecular complexity index is 437. The first kappa shape index (κ1) is 14.8. The number of hydrogen-bond acceptors (Lipinski definition) is 4. The normalized spacial score (nSPS) is 28.4. The average Bonchev–Trinajstić information content (AvgIpc) is 2.77. The van der Waals surface area contributed by atoms with Crippen molar-refractivity contribution >= 4 is 28.3 Å². The van der Waals surface area contributed by atoms with Crippen LogP contribution in [-0.2, 0) is 6.18 Å². The standard InChI is InChI=1S/C11H15ClF3N3S/c1-7-3-2-4-10(5-7,6-12)17-9-16-8(18-19-9)11(13,14)15/h7H,2-6H2,1H3,(H,16,17,18). The number of rotatable bonds is 3. The highest BCUT2D eigenvalue weighted by Crippen LogP contribution is 2.37. The van der Waals surface area contributed by atoms with Crippen LogP contribution in [0.15, 0.2) is 0 Å². The molecule has 0 amide bonds. The van der Waals surface area contributed by atoms with Gasteiger partial charge in [0.25, 0.3) is 0 Å². The van der Waals surface area contributed by atoms with Crippen LogP contribution in [0.3, 0.4) is 0 Å². The van der Waals surface area contributed by atoms with E-state index in [0.29, 0.717) is 11.8 Å². The molecule has 3 nitrogen and oxygen atoms in total. The second kappa shape index (κ2) is 5.44. The highest BCUT2D eigenvalue weighted by Gasteiger charge is 2.38. The van der Waals surface area contributed by atoms with Gasteiger partial charge in [-0.05, 0) is 18.8 Å². The van der Waals surface area contributed by atoms with Gasteiger partial charge in [-0.3, -0.25) is 0 Å². The first-order valence-corrected chi connectivity index (χ1v) is 7.40. The molecule has 19 heavy (non-hydrogen) atoms. The molecule has 108 valence electrons. The molecule has 0 aromatic carbocycles. The van der Waals surface area contributed by atoms with Gasteiger partial charge in [0, 0.05) is 17.4 Å². The van der Waals surface area contributed by atoms with E-state index in [1.165, 1.54) is 0 Å². The van der Waals surface area contributed by atoms with E-state index in [1.54, 1.807) is 0 Å². The molecule has 0 radical (unpaired) electrons. The van der Waals surface area contributed by atoms with Crippen LogP contribution in [0.1, 0.15) is 38.4 Å². The zero-order valence-corrected chi connectivity index (χ0v) is 12.0. The lowest BCUT2D eigenvalue weighted by Gasteiger charge is -2.39. The number of hydrogen-bond donors (Lipinski definition) is 1. The Morgan fingerprint density at radius 1 is 1.53 bits per heavy atom. The van der Waals surface area contributed by atoms with Gasteiger partial charge in [-0.15, -0.1) is 11.6 Å². The zero-order valence-electron chi connectivity index (χ0n) is 10.4. The fourth-order valence-electron chi connectivity index (χ4n) is 2.54. The van der Waals surface area contributed by atoms with Crippen LogP contribution < -0.4 is 5.32 Å². The fourth-order valence-corrected chi connectivity index (χ4v) is 3.56.